The van der Waals surface area contributed by atoms with Gasteiger partial charge >= 0.3 is 6.09 Å². The van der Waals surface area contributed by atoms with Gasteiger partial charge in [0.15, 0.2) is 0 Å². The van der Waals surface area contributed by atoms with Crippen LogP contribution in [0.3, 0.4) is 0 Å². The van der Waals surface area contributed by atoms with Gasteiger partial charge in [-0.3, -0.25) is 0 Å². The van der Waals surface area contributed by atoms with Crippen LogP contribution < -0.4 is 11.1 Å². The van der Waals surface area contributed by atoms with E-state index >= 15 is 0 Å². The highest BCUT2D eigenvalue weighted by Gasteiger charge is 2.22. The van der Waals surface area contributed by atoms with Crippen LogP contribution in [0.15, 0.2) is 12.1 Å². The van der Waals surface area contributed by atoms with Crippen LogP contribution in [0.1, 0.15) is 44.6 Å². The first-order chi connectivity index (χ1) is 10.1. The van der Waals surface area contributed by atoms with E-state index in [1.165, 1.54) is 0 Å². The number of nitrogen functional groups attached to an aromatic ring is 1. The molecule has 0 aliphatic heterocycles. The van der Waals surface area contributed by atoms with Gasteiger partial charge in [0, 0.05) is 6.54 Å². The molecule has 124 valence electrons. The van der Waals surface area contributed by atoms with E-state index < -0.39 is 23.9 Å². The summed E-state index contributed by atoms with van der Waals surface area (Å²) in [5.41, 5.74) is 6.08. The fourth-order valence-electron chi connectivity index (χ4n) is 1.84. The quantitative estimate of drug-likeness (QED) is 0.650. The van der Waals surface area contributed by atoms with E-state index in [4.69, 9.17) is 10.5 Å². The van der Waals surface area contributed by atoms with Crippen LogP contribution in [0.5, 0.6) is 0 Å². The molecule has 1 amide bonds. The van der Waals surface area contributed by atoms with Crippen LogP contribution in [0.2, 0.25) is 0 Å². The minimum Gasteiger partial charge on any atom is -0.444 e. The van der Waals surface area contributed by atoms with Crippen LogP contribution in [0, 0.1) is 6.92 Å². The third-order valence-corrected chi connectivity index (χ3v) is 2.91. The third-order valence-electron chi connectivity index (χ3n) is 2.91. The minimum atomic E-state index is -1.16. The Hall–Kier alpha value is -1.86. The Labute approximate surface area is 130 Å². The molecule has 22 heavy (non-hydrogen) atoms. The number of pyridine rings is 1. The number of anilines is 1. The van der Waals surface area contributed by atoms with Gasteiger partial charge in [-0.25, -0.2) is 9.78 Å². The van der Waals surface area contributed by atoms with E-state index in [2.05, 4.69) is 10.3 Å². The zero-order chi connectivity index (χ0) is 16.9. The summed E-state index contributed by atoms with van der Waals surface area (Å²) in [5, 5.41) is 22.7. The normalized spacial score (nSPS) is 14.3. The first-order valence-corrected chi connectivity index (χ1v) is 7.16. The lowest BCUT2D eigenvalue weighted by molar-refractivity contribution is 0.00964. The van der Waals surface area contributed by atoms with Gasteiger partial charge in [-0.1, -0.05) is 6.07 Å². The number of aliphatic hydroxyl groups excluding tert-OH is 2. The highest BCUT2D eigenvalue weighted by molar-refractivity contribution is 5.67. The Morgan fingerprint density at radius 1 is 1.41 bits per heavy atom. The summed E-state index contributed by atoms with van der Waals surface area (Å²) < 4.78 is 5.08. The molecule has 1 rings (SSSR count). The van der Waals surface area contributed by atoms with E-state index in [0.717, 1.165) is 5.56 Å². The second-order valence-electron chi connectivity index (χ2n) is 6.17. The van der Waals surface area contributed by atoms with Crippen molar-refractivity contribution in [1.82, 2.24) is 10.3 Å². The molecule has 1 aromatic rings. The molecule has 1 heterocycles. The Bertz CT molecular complexity index is 514. The number of nitrogens with zero attached hydrogens (tertiary/aromatic N) is 1. The molecule has 0 saturated carbocycles. The molecule has 0 aliphatic rings. The highest BCUT2D eigenvalue weighted by Crippen LogP contribution is 2.21. The maximum atomic E-state index is 11.5. The number of nitrogens with two attached hydrogens (primary N) is 1. The summed E-state index contributed by atoms with van der Waals surface area (Å²) in [6.45, 7) is 7.24. The van der Waals surface area contributed by atoms with Crippen molar-refractivity contribution in [2.24, 2.45) is 0 Å². The summed E-state index contributed by atoms with van der Waals surface area (Å²) in [6.07, 6.45) is -2.63. The van der Waals surface area contributed by atoms with Crippen molar-refractivity contribution < 1.29 is 19.7 Å². The molecule has 0 saturated heterocycles. The number of aryl methyl sites for hydroxylation is 1. The molecule has 7 nitrogen and oxygen atoms in total. The summed E-state index contributed by atoms with van der Waals surface area (Å²) >= 11 is 0. The Kier molecular flexibility index (Phi) is 6.13. The van der Waals surface area contributed by atoms with E-state index in [1.54, 1.807) is 39.8 Å². The van der Waals surface area contributed by atoms with Crippen molar-refractivity contribution in [2.45, 2.75) is 51.9 Å². The standard InChI is InChI=1S/C15H25N3O4/c1-9-5-6-11(16)18-12(9)13(20)10(19)7-8-17-14(21)22-15(2,3)4/h5-6,10,13,19-20H,7-8H2,1-4H3,(H2,16,18)(H,17,21). The van der Waals surface area contributed by atoms with Gasteiger partial charge in [-0.15, -0.1) is 0 Å². The molecular formula is C15H25N3O4. The second-order valence-corrected chi connectivity index (χ2v) is 6.17. The average Bonchev–Trinajstić information content (AvgIpc) is 2.38. The van der Waals surface area contributed by atoms with Gasteiger partial charge in [0.1, 0.15) is 17.5 Å². The number of amides is 1. The molecule has 1 aromatic heterocycles. The number of aliphatic hydroxyl groups is 2. The Morgan fingerprint density at radius 2 is 2.05 bits per heavy atom. The zero-order valence-electron chi connectivity index (χ0n) is 13.5. The number of aromatic nitrogens is 1. The van der Waals surface area contributed by atoms with Gasteiger partial charge in [0.2, 0.25) is 0 Å². The fraction of sp³-hybridized carbons (Fsp3) is 0.600. The molecule has 0 aliphatic carbocycles. The number of alkyl carbamates (subject to hydrolysis) is 1. The number of hydrogen-bond acceptors (Lipinski definition) is 6. The lowest BCUT2D eigenvalue weighted by Crippen LogP contribution is -2.34. The highest BCUT2D eigenvalue weighted by atomic mass is 16.6. The molecule has 2 atom stereocenters. The number of nitrogens with one attached hydrogen (secondary N) is 1. The van der Waals surface area contributed by atoms with Gasteiger partial charge in [-0.05, 0) is 45.7 Å². The molecule has 0 radical (unpaired) electrons. The summed E-state index contributed by atoms with van der Waals surface area (Å²) in [6, 6.07) is 3.36. The third kappa shape index (κ3) is 5.87. The maximum Gasteiger partial charge on any atom is 0.407 e. The lowest BCUT2D eigenvalue weighted by atomic mass is 10.0. The van der Waals surface area contributed by atoms with Crippen LogP contribution in [0.25, 0.3) is 0 Å². The Balaban J connectivity index is 2.50. The predicted molar refractivity (Wildman–Crippen MR) is 83.2 cm³/mol. The van der Waals surface area contributed by atoms with E-state index in [-0.39, 0.29) is 18.8 Å². The second kappa shape index (κ2) is 7.42. The number of hydrogen-bond donors (Lipinski definition) is 4. The Morgan fingerprint density at radius 3 is 2.64 bits per heavy atom. The van der Waals surface area contributed by atoms with Crippen molar-refractivity contribution in [2.75, 3.05) is 12.3 Å². The fourth-order valence-corrected chi connectivity index (χ4v) is 1.84. The van der Waals surface area contributed by atoms with E-state index in [0.29, 0.717) is 5.69 Å². The molecule has 7 heteroatoms. The van der Waals surface area contributed by atoms with Gasteiger partial charge in [0.25, 0.3) is 0 Å². The van der Waals surface area contributed by atoms with Crippen molar-refractivity contribution in [3.05, 3.63) is 23.4 Å². The van der Waals surface area contributed by atoms with Crippen molar-refractivity contribution in [1.29, 1.82) is 0 Å². The minimum absolute atomic E-state index is 0.163. The van der Waals surface area contributed by atoms with Crippen LogP contribution in [0.4, 0.5) is 10.6 Å². The van der Waals surface area contributed by atoms with Crippen LogP contribution in [-0.4, -0.2) is 39.5 Å². The zero-order valence-corrected chi connectivity index (χ0v) is 13.5. The maximum absolute atomic E-state index is 11.5. The first-order valence-electron chi connectivity index (χ1n) is 7.16. The largest absolute Gasteiger partial charge is 0.444 e. The van der Waals surface area contributed by atoms with Crippen molar-refractivity contribution in [3.63, 3.8) is 0 Å². The monoisotopic (exact) mass is 311 g/mol. The molecule has 2 unspecified atom stereocenters. The number of ether oxygens (including phenoxy) is 1. The van der Waals surface area contributed by atoms with Gasteiger partial charge in [0.05, 0.1) is 11.8 Å². The molecule has 5 N–H and O–H groups in total. The number of carbonyl (C=O) groups excluding carboxylic acids is 1. The molecule has 0 spiro atoms. The van der Waals surface area contributed by atoms with Gasteiger partial charge in [-0.2, -0.15) is 0 Å². The summed E-state index contributed by atoms with van der Waals surface area (Å²) in [7, 11) is 0. The lowest BCUT2D eigenvalue weighted by Gasteiger charge is -2.21. The van der Waals surface area contributed by atoms with Crippen LogP contribution >= 0.6 is 0 Å². The topological polar surface area (TPSA) is 118 Å². The summed E-state index contributed by atoms with van der Waals surface area (Å²) in [5.74, 6) is 0.277. The van der Waals surface area contributed by atoms with Crippen LogP contribution in [-0.2, 0) is 4.74 Å². The summed E-state index contributed by atoms with van der Waals surface area (Å²) in [4.78, 5) is 15.5. The van der Waals surface area contributed by atoms with E-state index in [1.807, 2.05) is 0 Å². The predicted octanol–water partition coefficient (Wildman–Crippen LogP) is 1.28. The molecule has 0 aromatic carbocycles. The molecular weight excluding hydrogens is 286 g/mol. The SMILES string of the molecule is Cc1ccc(N)nc1C(O)C(O)CCNC(=O)OC(C)(C)C. The molecule has 0 fully saturated rings. The van der Waals surface area contributed by atoms with Crippen molar-refractivity contribution >= 4 is 11.9 Å². The smallest absolute Gasteiger partial charge is 0.407 e. The van der Waals surface area contributed by atoms with Gasteiger partial charge < -0.3 is 26.0 Å². The number of carbonyl (C=O) groups is 1. The molecule has 0 bridgehead atoms. The number of rotatable bonds is 5. The van der Waals surface area contributed by atoms with Crippen molar-refractivity contribution in [3.8, 4) is 0 Å². The first kappa shape index (κ1) is 18.2. The van der Waals surface area contributed by atoms with E-state index in [9.17, 15) is 15.0 Å². The average molecular weight is 311 g/mol.